The van der Waals surface area contributed by atoms with Gasteiger partial charge in [-0.25, -0.2) is 0 Å². The van der Waals surface area contributed by atoms with Crippen molar-refractivity contribution in [3.8, 4) is 0 Å². The third kappa shape index (κ3) is 3.09. The van der Waals surface area contributed by atoms with Crippen molar-refractivity contribution in [2.24, 2.45) is 11.7 Å². The quantitative estimate of drug-likeness (QED) is 0.632. The molecular weight excluding hydrogens is 152 g/mol. The third-order valence-corrected chi connectivity index (χ3v) is 2.48. The summed E-state index contributed by atoms with van der Waals surface area (Å²) < 4.78 is 0. The largest absolute Gasteiger partial charge is 0.390 e. The van der Waals surface area contributed by atoms with Gasteiger partial charge in [-0.1, -0.05) is 6.92 Å². The minimum atomic E-state index is -0.338. The van der Waals surface area contributed by atoms with Gasteiger partial charge in [0.05, 0.1) is 6.10 Å². The summed E-state index contributed by atoms with van der Waals surface area (Å²) in [6.45, 7) is 5.64. The van der Waals surface area contributed by atoms with Crippen LogP contribution in [-0.2, 0) is 0 Å². The number of nitrogens with two attached hydrogens (primary N) is 1. The van der Waals surface area contributed by atoms with Crippen LogP contribution in [0.1, 0.15) is 19.8 Å². The molecule has 12 heavy (non-hydrogen) atoms. The Hall–Kier alpha value is -0.120. The highest BCUT2D eigenvalue weighted by Gasteiger charge is 2.17. The molecule has 3 heteroatoms. The summed E-state index contributed by atoms with van der Waals surface area (Å²) in [6, 6.07) is 0. The normalized spacial score (nSPS) is 28.8. The van der Waals surface area contributed by atoms with Gasteiger partial charge in [-0.2, -0.15) is 0 Å². The monoisotopic (exact) mass is 172 g/mol. The van der Waals surface area contributed by atoms with Gasteiger partial charge >= 0.3 is 0 Å². The lowest BCUT2D eigenvalue weighted by Crippen LogP contribution is -2.41. The first-order valence-electron chi connectivity index (χ1n) is 4.83. The molecule has 0 radical (unpaired) electrons. The van der Waals surface area contributed by atoms with Gasteiger partial charge < -0.3 is 15.7 Å². The topological polar surface area (TPSA) is 49.5 Å². The highest BCUT2D eigenvalue weighted by molar-refractivity contribution is 4.72. The third-order valence-electron chi connectivity index (χ3n) is 2.48. The van der Waals surface area contributed by atoms with Crippen molar-refractivity contribution in [1.82, 2.24) is 4.90 Å². The van der Waals surface area contributed by atoms with E-state index in [-0.39, 0.29) is 6.10 Å². The smallest absolute Gasteiger partial charge is 0.0789 e. The fourth-order valence-electron chi connectivity index (χ4n) is 1.83. The van der Waals surface area contributed by atoms with Crippen LogP contribution in [0.15, 0.2) is 0 Å². The van der Waals surface area contributed by atoms with Crippen molar-refractivity contribution >= 4 is 0 Å². The van der Waals surface area contributed by atoms with E-state index in [1.54, 1.807) is 0 Å². The number of hydrogen-bond donors (Lipinski definition) is 2. The lowest BCUT2D eigenvalue weighted by molar-refractivity contribution is 0.0924. The van der Waals surface area contributed by atoms with E-state index in [0.717, 1.165) is 25.6 Å². The molecule has 0 saturated carbocycles. The van der Waals surface area contributed by atoms with Crippen LogP contribution in [0.25, 0.3) is 0 Å². The van der Waals surface area contributed by atoms with Crippen LogP contribution in [0.4, 0.5) is 0 Å². The second-order valence-electron chi connectivity index (χ2n) is 3.90. The summed E-state index contributed by atoms with van der Waals surface area (Å²) in [5.74, 6) is 0.781. The second kappa shape index (κ2) is 4.80. The molecule has 0 bridgehead atoms. The fourth-order valence-corrected chi connectivity index (χ4v) is 1.83. The number of aliphatic hydroxyl groups excluding tert-OH is 1. The van der Waals surface area contributed by atoms with E-state index in [1.165, 1.54) is 12.8 Å². The van der Waals surface area contributed by atoms with E-state index in [1.807, 2.05) is 0 Å². The highest BCUT2D eigenvalue weighted by Crippen LogP contribution is 2.15. The molecule has 1 fully saturated rings. The average molecular weight is 172 g/mol. The number of aliphatic hydroxyl groups is 1. The first-order valence-corrected chi connectivity index (χ1v) is 4.83. The molecule has 1 aliphatic heterocycles. The van der Waals surface area contributed by atoms with Gasteiger partial charge in [0.1, 0.15) is 0 Å². The molecule has 1 aliphatic rings. The van der Waals surface area contributed by atoms with Crippen LogP contribution in [0, 0.1) is 5.92 Å². The summed E-state index contributed by atoms with van der Waals surface area (Å²) in [4.78, 5) is 2.31. The van der Waals surface area contributed by atoms with Crippen LogP contribution >= 0.6 is 0 Å². The van der Waals surface area contributed by atoms with Crippen molar-refractivity contribution in [1.29, 1.82) is 0 Å². The minimum Gasteiger partial charge on any atom is -0.390 e. The Bertz CT molecular complexity index is 130. The van der Waals surface area contributed by atoms with E-state index in [2.05, 4.69) is 11.8 Å². The van der Waals surface area contributed by atoms with Gasteiger partial charge in [0.15, 0.2) is 0 Å². The Labute approximate surface area is 74.5 Å². The zero-order chi connectivity index (χ0) is 8.97. The van der Waals surface area contributed by atoms with Crippen LogP contribution in [0.2, 0.25) is 0 Å². The number of rotatable bonds is 3. The lowest BCUT2D eigenvalue weighted by Gasteiger charge is -2.31. The average Bonchev–Trinajstić information content (AvgIpc) is 2.04. The predicted octanol–water partition coefficient (Wildman–Crippen LogP) is 0.0379. The van der Waals surface area contributed by atoms with Crippen molar-refractivity contribution in [2.45, 2.75) is 25.9 Å². The first kappa shape index (κ1) is 9.96. The highest BCUT2D eigenvalue weighted by atomic mass is 16.3. The lowest BCUT2D eigenvalue weighted by atomic mass is 10.00. The van der Waals surface area contributed by atoms with Crippen LogP contribution in [0.5, 0.6) is 0 Å². The van der Waals surface area contributed by atoms with Crippen LogP contribution in [0.3, 0.4) is 0 Å². The summed E-state index contributed by atoms with van der Waals surface area (Å²) in [5, 5.41) is 9.33. The summed E-state index contributed by atoms with van der Waals surface area (Å²) in [7, 11) is 0. The van der Waals surface area contributed by atoms with Gasteiger partial charge in [0.25, 0.3) is 0 Å². The van der Waals surface area contributed by atoms with Crippen LogP contribution in [-0.4, -0.2) is 42.3 Å². The number of piperidine rings is 1. The van der Waals surface area contributed by atoms with E-state index >= 15 is 0 Å². The molecule has 2 atom stereocenters. The van der Waals surface area contributed by atoms with Gasteiger partial charge in [-0.15, -0.1) is 0 Å². The van der Waals surface area contributed by atoms with Crippen molar-refractivity contribution in [3.63, 3.8) is 0 Å². The SMILES string of the molecule is C[C@@H]1CCCN(C[C@H](O)CN)C1. The summed E-state index contributed by atoms with van der Waals surface area (Å²) in [5.41, 5.74) is 5.35. The molecule has 0 spiro atoms. The van der Waals surface area contributed by atoms with Gasteiger partial charge in [0, 0.05) is 19.6 Å². The molecular formula is C9H20N2O. The molecule has 0 aliphatic carbocycles. The van der Waals surface area contributed by atoms with Gasteiger partial charge in [0.2, 0.25) is 0 Å². The molecule has 3 nitrogen and oxygen atoms in total. The zero-order valence-corrected chi connectivity index (χ0v) is 7.87. The molecule has 1 heterocycles. The van der Waals surface area contributed by atoms with Crippen LogP contribution < -0.4 is 5.73 Å². The maximum Gasteiger partial charge on any atom is 0.0789 e. The van der Waals surface area contributed by atoms with E-state index in [0.29, 0.717) is 6.54 Å². The summed E-state index contributed by atoms with van der Waals surface area (Å²) >= 11 is 0. The molecule has 72 valence electrons. The Morgan fingerprint density at radius 1 is 1.67 bits per heavy atom. The summed E-state index contributed by atoms with van der Waals surface area (Å²) in [6.07, 6.45) is 2.25. The molecule has 0 aromatic heterocycles. The zero-order valence-electron chi connectivity index (χ0n) is 7.87. The van der Waals surface area contributed by atoms with Gasteiger partial charge in [-0.05, 0) is 25.3 Å². The first-order chi connectivity index (χ1) is 5.72. The molecule has 1 rings (SSSR count). The molecule has 0 aromatic carbocycles. The maximum absolute atomic E-state index is 9.33. The standard InChI is InChI=1S/C9H20N2O/c1-8-3-2-4-11(6-8)7-9(12)5-10/h8-9,12H,2-7,10H2,1H3/t8-,9-/m1/s1. The minimum absolute atomic E-state index is 0.338. The molecule has 1 saturated heterocycles. The Morgan fingerprint density at radius 2 is 2.42 bits per heavy atom. The Morgan fingerprint density at radius 3 is 3.00 bits per heavy atom. The second-order valence-corrected chi connectivity index (χ2v) is 3.90. The molecule has 0 aromatic rings. The number of likely N-dealkylation sites (tertiary alicyclic amines) is 1. The number of β-amino-alcohol motifs (C(OH)–C–C–N with tert-alkyl or cyclic N) is 1. The fraction of sp³-hybridized carbons (Fsp3) is 1.00. The van der Waals surface area contributed by atoms with Crippen molar-refractivity contribution in [3.05, 3.63) is 0 Å². The Balaban J connectivity index is 2.22. The number of nitrogens with zero attached hydrogens (tertiary/aromatic N) is 1. The van der Waals surface area contributed by atoms with Crippen molar-refractivity contribution in [2.75, 3.05) is 26.2 Å². The molecule has 0 unspecified atom stereocenters. The van der Waals surface area contributed by atoms with E-state index in [4.69, 9.17) is 5.73 Å². The Kier molecular flexibility index (Phi) is 3.98. The van der Waals surface area contributed by atoms with E-state index < -0.39 is 0 Å². The predicted molar refractivity (Wildman–Crippen MR) is 49.9 cm³/mol. The molecule has 3 N–H and O–H groups in total. The van der Waals surface area contributed by atoms with Gasteiger partial charge in [-0.3, -0.25) is 0 Å². The number of hydrogen-bond acceptors (Lipinski definition) is 3. The molecule has 0 amide bonds. The van der Waals surface area contributed by atoms with E-state index in [9.17, 15) is 5.11 Å². The maximum atomic E-state index is 9.33. The van der Waals surface area contributed by atoms with Crippen molar-refractivity contribution < 1.29 is 5.11 Å².